The van der Waals surface area contributed by atoms with E-state index in [4.69, 9.17) is 10.5 Å². The molecule has 0 spiro atoms. The fourth-order valence-electron chi connectivity index (χ4n) is 6.24. The Bertz CT molecular complexity index is 1820. The molecule has 4 heterocycles. The number of allylic oxidation sites excluding steroid dienone is 2. The minimum absolute atomic E-state index is 0.0740. The summed E-state index contributed by atoms with van der Waals surface area (Å²) < 4.78 is 2.77. The highest BCUT2D eigenvalue weighted by Gasteiger charge is 2.51. The third kappa shape index (κ3) is 3.48. The normalized spacial score (nSPS) is 23.3. The molecule has 0 bridgehead atoms. The van der Waals surface area contributed by atoms with Gasteiger partial charge in [0.2, 0.25) is 0 Å². The summed E-state index contributed by atoms with van der Waals surface area (Å²) in [6, 6.07) is 19.6. The lowest BCUT2D eigenvalue weighted by atomic mass is 9.76. The van der Waals surface area contributed by atoms with Gasteiger partial charge in [0.25, 0.3) is 0 Å². The Morgan fingerprint density at radius 3 is 2.81 bits per heavy atom. The largest absolute Gasteiger partial charge is 0.350 e. The highest BCUT2D eigenvalue weighted by atomic mass is 32.1. The van der Waals surface area contributed by atoms with Crippen LogP contribution in [0.3, 0.4) is 0 Å². The topological polar surface area (TPSA) is 50.8 Å². The van der Waals surface area contributed by atoms with Gasteiger partial charge in [-0.1, -0.05) is 42.5 Å². The number of hydrogen-bond acceptors (Lipinski definition) is 6. The number of benzene rings is 1. The zero-order valence-corrected chi connectivity index (χ0v) is 22.7. The Labute approximate surface area is 227 Å². The van der Waals surface area contributed by atoms with Crippen LogP contribution in [0.5, 0.6) is 0 Å². The van der Waals surface area contributed by atoms with Crippen molar-refractivity contribution in [3.8, 4) is 21.9 Å². The highest BCUT2D eigenvalue weighted by molar-refractivity contribution is 7.24. The van der Waals surface area contributed by atoms with Crippen molar-refractivity contribution in [2.24, 2.45) is 0 Å². The van der Waals surface area contributed by atoms with E-state index in [0.29, 0.717) is 12.0 Å². The smallest absolute Gasteiger partial charge is 0.131 e. The summed E-state index contributed by atoms with van der Waals surface area (Å²) in [5, 5.41) is 22.4. The quantitative estimate of drug-likeness (QED) is 0.207. The summed E-state index contributed by atoms with van der Waals surface area (Å²) >= 11 is 5.44. The van der Waals surface area contributed by atoms with E-state index in [9.17, 15) is 0 Å². The van der Waals surface area contributed by atoms with Crippen LogP contribution in [0.25, 0.3) is 38.1 Å². The summed E-state index contributed by atoms with van der Waals surface area (Å²) in [6.45, 7) is 2.46. The van der Waals surface area contributed by atoms with Gasteiger partial charge < -0.3 is 4.90 Å². The van der Waals surface area contributed by atoms with Crippen LogP contribution in [0.4, 0.5) is 5.00 Å². The zero-order valence-electron chi connectivity index (χ0n) is 20.3. The molecule has 180 valence electrons. The third-order valence-corrected chi connectivity index (χ3v) is 11.5. The van der Waals surface area contributed by atoms with Crippen molar-refractivity contribution in [3.05, 3.63) is 80.4 Å². The van der Waals surface area contributed by atoms with Crippen molar-refractivity contribution in [1.29, 1.82) is 10.5 Å². The van der Waals surface area contributed by atoms with Crippen molar-refractivity contribution in [2.75, 3.05) is 4.90 Å². The summed E-state index contributed by atoms with van der Waals surface area (Å²) in [5.74, 6) is 0.387. The second-order valence-corrected chi connectivity index (χ2v) is 13.3. The van der Waals surface area contributed by atoms with Crippen molar-refractivity contribution < 1.29 is 0 Å². The summed E-state index contributed by atoms with van der Waals surface area (Å²) in [6.07, 6.45) is 14.8. The molecule has 7 rings (SSSR count). The van der Waals surface area contributed by atoms with Crippen LogP contribution in [0.1, 0.15) is 42.5 Å². The van der Waals surface area contributed by atoms with Gasteiger partial charge in [-0.25, -0.2) is 0 Å². The van der Waals surface area contributed by atoms with E-state index in [-0.39, 0.29) is 11.1 Å². The van der Waals surface area contributed by atoms with Crippen LogP contribution >= 0.6 is 34.0 Å². The van der Waals surface area contributed by atoms with Crippen LogP contribution in [-0.2, 0) is 0 Å². The predicted octanol–water partition coefficient (Wildman–Crippen LogP) is 7.17. The molecular weight excluding hydrogens is 511 g/mol. The second kappa shape index (κ2) is 8.57. The first-order valence-corrected chi connectivity index (χ1v) is 15.0. The molecule has 3 atom stereocenters. The standard InChI is InChI=1S/C31H23N3S3/c1-31-13-5-4-7-25(31)24-16-29(28-12-10-21(35-28)14-19(17-32)18-33)37-30(24)34(31)20-9-11-27-23(15-20)22-6-2-3-8-26(22)36-27/h2-4,6-8,10-12,14-16,20,25H,5,9,13H2,1H3/t20?,25-,31?/m0/s1. The maximum atomic E-state index is 9.13. The Balaban J connectivity index is 1.33. The van der Waals surface area contributed by atoms with E-state index in [1.165, 1.54) is 40.2 Å². The predicted molar refractivity (Wildman–Crippen MR) is 157 cm³/mol. The molecular formula is C31H23N3S3. The molecule has 4 aromatic rings. The Kier molecular flexibility index (Phi) is 5.27. The molecule has 0 fully saturated rings. The molecule has 0 saturated heterocycles. The van der Waals surface area contributed by atoms with E-state index < -0.39 is 0 Å². The van der Waals surface area contributed by atoms with Crippen LogP contribution in [0.2, 0.25) is 0 Å². The van der Waals surface area contributed by atoms with E-state index in [2.05, 4.69) is 72.5 Å². The number of rotatable bonds is 3. The van der Waals surface area contributed by atoms with Crippen molar-refractivity contribution in [2.45, 2.75) is 43.7 Å². The molecule has 1 aromatic carbocycles. The SMILES string of the molecule is CC12CCC=C[C@H]1c1cc(-c3ccc(C=C(C#N)C#N)s3)sc1N2C1C=c2c(sc3ccccc23)=CC1. The van der Waals surface area contributed by atoms with Gasteiger partial charge in [0.15, 0.2) is 0 Å². The first-order chi connectivity index (χ1) is 18.1. The number of fused-ring (bicyclic) bond motifs is 6. The third-order valence-electron chi connectivity index (χ3n) is 7.96. The van der Waals surface area contributed by atoms with Crippen molar-refractivity contribution in [1.82, 2.24) is 0 Å². The molecule has 0 amide bonds. The van der Waals surface area contributed by atoms with Crippen molar-refractivity contribution in [3.63, 3.8) is 0 Å². The maximum absolute atomic E-state index is 9.13. The molecule has 0 radical (unpaired) electrons. The van der Waals surface area contributed by atoms with Gasteiger partial charge in [0.05, 0.1) is 11.0 Å². The summed E-state index contributed by atoms with van der Waals surface area (Å²) in [7, 11) is 0. The van der Waals surface area contributed by atoms with Gasteiger partial charge in [-0.3, -0.25) is 0 Å². The van der Waals surface area contributed by atoms with E-state index in [1.54, 1.807) is 17.4 Å². The Morgan fingerprint density at radius 1 is 1.08 bits per heavy atom. The van der Waals surface area contributed by atoms with E-state index >= 15 is 0 Å². The molecule has 2 aliphatic carbocycles. The van der Waals surface area contributed by atoms with E-state index in [0.717, 1.165) is 24.1 Å². The number of thiophene rings is 3. The summed E-state index contributed by atoms with van der Waals surface area (Å²) in [5.41, 5.74) is 1.65. The molecule has 3 nitrogen and oxygen atoms in total. The first kappa shape index (κ1) is 22.8. The van der Waals surface area contributed by atoms with Gasteiger partial charge in [-0.2, -0.15) is 10.5 Å². The number of nitriles is 2. The van der Waals surface area contributed by atoms with Gasteiger partial charge in [0, 0.05) is 40.7 Å². The fraction of sp³-hybridized carbons (Fsp3) is 0.226. The number of nitrogens with zero attached hydrogens (tertiary/aromatic N) is 3. The summed E-state index contributed by atoms with van der Waals surface area (Å²) in [4.78, 5) is 6.13. The number of hydrogen-bond donors (Lipinski definition) is 0. The average Bonchev–Trinajstić information content (AvgIpc) is 3.67. The Morgan fingerprint density at radius 2 is 1.95 bits per heavy atom. The molecule has 37 heavy (non-hydrogen) atoms. The minimum atomic E-state index is 0.0740. The fourth-order valence-corrected chi connectivity index (χ4v) is 9.80. The number of anilines is 1. The lowest BCUT2D eigenvalue weighted by molar-refractivity contribution is 0.360. The molecule has 6 heteroatoms. The maximum Gasteiger partial charge on any atom is 0.131 e. The molecule has 0 saturated carbocycles. The van der Waals surface area contributed by atoms with Crippen LogP contribution < -0.4 is 14.7 Å². The molecule has 2 unspecified atom stereocenters. The molecule has 3 aromatic heterocycles. The lowest BCUT2D eigenvalue weighted by Crippen LogP contribution is -2.52. The van der Waals surface area contributed by atoms with Crippen molar-refractivity contribution >= 4 is 67.3 Å². The average molecular weight is 534 g/mol. The van der Waals surface area contributed by atoms with Crippen LogP contribution in [0, 0.1) is 22.7 Å². The second-order valence-electron chi connectivity index (χ2n) is 10.1. The van der Waals surface area contributed by atoms with Crippen LogP contribution in [0.15, 0.2) is 60.2 Å². The van der Waals surface area contributed by atoms with E-state index in [1.807, 2.05) is 40.9 Å². The van der Waals surface area contributed by atoms with Gasteiger partial charge >= 0.3 is 0 Å². The Hall–Kier alpha value is -3.42. The van der Waals surface area contributed by atoms with Gasteiger partial charge in [-0.15, -0.1) is 34.0 Å². The highest BCUT2D eigenvalue weighted by Crippen LogP contribution is 2.58. The molecule has 3 aliphatic rings. The van der Waals surface area contributed by atoms with Gasteiger partial charge in [0.1, 0.15) is 17.7 Å². The van der Waals surface area contributed by atoms with Crippen LogP contribution in [-0.4, -0.2) is 11.6 Å². The zero-order chi connectivity index (χ0) is 25.1. The molecule has 1 aliphatic heterocycles. The molecule has 0 N–H and O–H groups in total. The monoisotopic (exact) mass is 533 g/mol. The minimum Gasteiger partial charge on any atom is -0.350 e. The first-order valence-electron chi connectivity index (χ1n) is 12.5. The van der Waals surface area contributed by atoms with Gasteiger partial charge in [-0.05, 0) is 67.3 Å². The lowest BCUT2D eigenvalue weighted by Gasteiger charge is -2.45.